The average Bonchev–Trinajstić information content (AvgIpc) is 2.25. The van der Waals surface area contributed by atoms with E-state index in [4.69, 9.17) is 16.9 Å². The number of guanidine groups is 1. The second kappa shape index (κ2) is 4.92. The summed E-state index contributed by atoms with van der Waals surface area (Å²) in [6.07, 6.45) is 1.64. The Hall–Kier alpha value is -2.37. The molecule has 0 fully saturated rings. The van der Waals surface area contributed by atoms with Crippen LogP contribution in [0.2, 0.25) is 0 Å². The van der Waals surface area contributed by atoms with Crippen LogP contribution in [0.4, 0.5) is 4.79 Å². The number of nitrogens with zero attached hydrogens (tertiary/aromatic N) is 1. The Morgan fingerprint density at radius 1 is 1.31 bits per heavy atom. The molecule has 0 aliphatic carbocycles. The van der Waals surface area contributed by atoms with Crippen LogP contribution in [0.15, 0.2) is 30.3 Å². The summed E-state index contributed by atoms with van der Waals surface area (Å²) in [6.45, 7) is 0. The van der Waals surface area contributed by atoms with E-state index in [1.807, 2.05) is 0 Å². The number of nitrogens with two attached hydrogens (primary N) is 2. The van der Waals surface area contributed by atoms with Crippen molar-refractivity contribution in [3.8, 4) is 0 Å². The SMILES string of the molecule is N=C(N)N(C(N)=O)C([C]=O)c1ccccc1. The van der Waals surface area contributed by atoms with E-state index in [-0.39, 0.29) is 0 Å². The lowest BCUT2D eigenvalue weighted by Crippen LogP contribution is -2.47. The van der Waals surface area contributed by atoms with Gasteiger partial charge in [0.25, 0.3) is 0 Å². The third kappa shape index (κ3) is 2.35. The van der Waals surface area contributed by atoms with Crippen LogP contribution in [0, 0.1) is 5.41 Å². The van der Waals surface area contributed by atoms with Gasteiger partial charge < -0.3 is 11.5 Å². The molecule has 1 aromatic rings. The monoisotopic (exact) mass is 219 g/mol. The molecule has 0 heterocycles. The Morgan fingerprint density at radius 2 is 1.88 bits per heavy atom. The number of urea groups is 1. The summed E-state index contributed by atoms with van der Waals surface area (Å²) < 4.78 is 0. The minimum atomic E-state index is -1.09. The first-order valence-electron chi connectivity index (χ1n) is 4.43. The zero-order chi connectivity index (χ0) is 12.1. The van der Waals surface area contributed by atoms with Gasteiger partial charge in [-0.1, -0.05) is 30.3 Å². The third-order valence-electron chi connectivity index (χ3n) is 1.98. The number of amides is 2. The highest BCUT2D eigenvalue weighted by Gasteiger charge is 2.26. The molecular formula is C10H11N4O2. The number of hydrogen-bond acceptors (Lipinski definition) is 3. The summed E-state index contributed by atoms with van der Waals surface area (Å²) in [6, 6.07) is 6.33. The Kier molecular flexibility index (Phi) is 3.60. The lowest BCUT2D eigenvalue weighted by atomic mass is 10.1. The van der Waals surface area contributed by atoms with Crippen molar-refractivity contribution >= 4 is 18.3 Å². The molecule has 1 radical (unpaired) electrons. The largest absolute Gasteiger partial charge is 0.370 e. The molecule has 5 N–H and O–H groups in total. The van der Waals surface area contributed by atoms with E-state index in [2.05, 4.69) is 0 Å². The molecule has 0 saturated heterocycles. The molecule has 6 heteroatoms. The maximum Gasteiger partial charge on any atom is 0.322 e. The minimum absolute atomic E-state index is 0.492. The number of nitrogens with one attached hydrogen (secondary N) is 1. The summed E-state index contributed by atoms with van der Waals surface area (Å²) in [5.41, 5.74) is 10.7. The molecule has 16 heavy (non-hydrogen) atoms. The highest BCUT2D eigenvalue weighted by Crippen LogP contribution is 2.17. The van der Waals surface area contributed by atoms with Gasteiger partial charge in [0.1, 0.15) is 6.04 Å². The van der Waals surface area contributed by atoms with Gasteiger partial charge in [0, 0.05) is 0 Å². The van der Waals surface area contributed by atoms with E-state index in [1.165, 1.54) is 0 Å². The average molecular weight is 219 g/mol. The number of hydrogen-bond donors (Lipinski definition) is 3. The number of carbonyl (C=O) groups is 1. The molecule has 2 amide bonds. The van der Waals surface area contributed by atoms with Crippen molar-refractivity contribution in [2.24, 2.45) is 11.5 Å². The van der Waals surface area contributed by atoms with E-state index in [1.54, 1.807) is 36.6 Å². The molecule has 0 bridgehead atoms. The van der Waals surface area contributed by atoms with Crippen molar-refractivity contribution in [1.82, 2.24) is 4.90 Å². The maximum absolute atomic E-state index is 11.1. The second-order valence-electron chi connectivity index (χ2n) is 3.02. The fourth-order valence-electron chi connectivity index (χ4n) is 1.29. The maximum atomic E-state index is 11.1. The summed E-state index contributed by atoms with van der Waals surface area (Å²) in [5, 5.41) is 7.19. The minimum Gasteiger partial charge on any atom is -0.370 e. The third-order valence-corrected chi connectivity index (χ3v) is 1.98. The first kappa shape index (κ1) is 11.7. The van der Waals surface area contributed by atoms with Crippen LogP contribution in [0.3, 0.4) is 0 Å². The number of rotatable bonds is 3. The van der Waals surface area contributed by atoms with Gasteiger partial charge >= 0.3 is 6.03 Å². The van der Waals surface area contributed by atoms with E-state index >= 15 is 0 Å². The molecule has 0 aliphatic heterocycles. The standard InChI is InChI=1S/C10H11N4O2/c11-9(12)14(10(13)16)8(6-15)7-4-2-1-3-5-7/h1-5,8H,(H3,11,12)(H2,13,16). The van der Waals surface area contributed by atoms with Gasteiger partial charge in [-0.15, -0.1) is 0 Å². The van der Waals surface area contributed by atoms with Gasteiger partial charge in [0.15, 0.2) is 5.96 Å². The first-order valence-corrected chi connectivity index (χ1v) is 4.43. The zero-order valence-electron chi connectivity index (χ0n) is 8.38. The van der Waals surface area contributed by atoms with E-state index in [9.17, 15) is 9.59 Å². The molecule has 1 atom stereocenters. The van der Waals surface area contributed by atoms with Crippen LogP contribution in [0.1, 0.15) is 11.6 Å². The molecule has 0 spiro atoms. The van der Waals surface area contributed by atoms with Gasteiger partial charge in [-0.25, -0.2) is 9.69 Å². The van der Waals surface area contributed by atoms with Gasteiger partial charge in [-0.3, -0.25) is 10.2 Å². The predicted octanol–water partition coefficient (Wildman–Crippen LogP) is 0.112. The fraction of sp³-hybridized carbons (Fsp3) is 0.100. The fourth-order valence-corrected chi connectivity index (χ4v) is 1.29. The van der Waals surface area contributed by atoms with Gasteiger partial charge in [0.05, 0.1) is 0 Å². The van der Waals surface area contributed by atoms with Gasteiger partial charge in [-0.2, -0.15) is 0 Å². The Labute approximate surface area is 92.3 Å². The molecule has 1 aromatic carbocycles. The van der Waals surface area contributed by atoms with Crippen LogP contribution < -0.4 is 11.5 Å². The Balaban J connectivity index is 3.10. The van der Waals surface area contributed by atoms with Crippen LogP contribution in [0.25, 0.3) is 0 Å². The molecule has 1 rings (SSSR count). The van der Waals surface area contributed by atoms with Crippen molar-refractivity contribution in [2.75, 3.05) is 0 Å². The van der Waals surface area contributed by atoms with Gasteiger partial charge in [-0.05, 0) is 5.56 Å². The smallest absolute Gasteiger partial charge is 0.322 e. The van der Waals surface area contributed by atoms with E-state index in [0.29, 0.717) is 10.5 Å². The number of benzene rings is 1. The van der Waals surface area contributed by atoms with Crippen molar-refractivity contribution in [1.29, 1.82) is 5.41 Å². The first-order chi connectivity index (χ1) is 7.57. The Morgan fingerprint density at radius 3 is 2.25 bits per heavy atom. The lowest BCUT2D eigenvalue weighted by Gasteiger charge is -2.23. The Bertz CT molecular complexity index is 391. The molecule has 6 nitrogen and oxygen atoms in total. The van der Waals surface area contributed by atoms with Crippen LogP contribution in [-0.4, -0.2) is 23.2 Å². The van der Waals surface area contributed by atoms with Crippen molar-refractivity contribution < 1.29 is 9.59 Å². The summed E-state index contributed by atoms with van der Waals surface area (Å²) >= 11 is 0. The molecule has 1 unspecified atom stereocenters. The predicted molar refractivity (Wildman–Crippen MR) is 58.2 cm³/mol. The van der Waals surface area contributed by atoms with Crippen LogP contribution in [-0.2, 0) is 4.79 Å². The quantitative estimate of drug-likeness (QED) is 0.495. The lowest BCUT2D eigenvalue weighted by molar-refractivity contribution is 0.224. The molecule has 0 aromatic heterocycles. The van der Waals surface area contributed by atoms with Crippen molar-refractivity contribution in [2.45, 2.75) is 6.04 Å². The molecule has 0 saturated carbocycles. The van der Waals surface area contributed by atoms with Crippen molar-refractivity contribution in [3.05, 3.63) is 35.9 Å². The van der Waals surface area contributed by atoms with Gasteiger partial charge in [0.2, 0.25) is 6.29 Å². The molecular weight excluding hydrogens is 208 g/mol. The topological polar surface area (TPSA) is 113 Å². The molecule has 0 aliphatic rings. The van der Waals surface area contributed by atoms with Crippen molar-refractivity contribution in [3.63, 3.8) is 0 Å². The summed E-state index contributed by atoms with van der Waals surface area (Å²) in [7, 11) is 0. The van der Waals surface area contributed by atoms with Crippen LogP contribution >= 0.6 is 0 Å². The zero-order valence-corrected chi connectivity index (χ0v) is 8.38. The number of primary amides is 1. The van der Waals surface area contributed by atoms with E-state index < -0.39 is 18.0 Å². The number of carbonyl (C=O) groups excluding carboxylic acids is 2. The second-order valence-corrected chi connectivity index (χ2v) is 3.02. The normalized spacial score (nSPS) is 11.5. The van der Waals surface area contributed by atoms with Crippen LogP contribution in [0.5, 0.6) is 0 Å². The highest BCUT2D eigenvalue weighted by atomic mass is 16.2. The summed E-state index contributed by atoms with van der Waals surface area (Å²) in [4.78, 5) is 22.6. The molecule has 83 valence electrons. The van der Waals surface area contributed by atoms with E-state index in [0.717, 1.165) is 0 Å². The highest BCUT2D eigenvalue weighted by molar-refractivity contribution is 5.96. The summed E-state index contributed by atoms with van der Waals surface area (Å²) in [5.74, 6) is -0.593.